The lowest BCUT2D eigenvalue weighted by atomic mass is 10.0. The molecule has 2 aliphatic heterocycles. The molecule has 0 bridgehead atoms. The van der Waals surface area contributed by atoms with E-state index in [-0.39, 0.29) is 18.4 Å². The van der Waals surface area contributed by atoms with Crippen LogP contribution in [0.3, 0.4) is 0 Å². The van der Waals surface area contributed by atoms with Crippen LogP contribution in [0.2, 0.25) is 0 Å². The van der Waals surface area contributed by atoms with E-state index in [0.29, 0.717) is 23.6 Å². The molecule has 7 nitrogen and oxygen atoms in total. The zero-order valence-corrected chi connectivity index (χ0v) is 15.5. The van der Waals surface area contributed by atoms with Crippen LogP contribution in [0.5, 0.6) is 5.75 Å². The molecule has 1 aromatic carbocycles. The van der Waals surface area contributed by atoms with E-state index in [1.165, 1.54) is 4.90 Å². The Hall–Kier alpha value is -2.38. The van der Waals surface area contributed by atoms with Crippen molar-refractivity contribution >= 4 is 17.4 Å². The van der Waals surface area contributed by atoms with Crippen LogP contribution in [0.15, 0.2) is 30.0 Å². The zero-order valence-electron chi connectivity index (χ0n) is 15.5. The van der Waals surface area contributed by atoms with Gasteiger partial charge < -0.3 is 19.3 Å². The Bertz CT molecular complexity index is 706. The minimum absolute atomic E-state index is 0.234. The number of imide groups is 1. The highest BCUT2D eigenvalue weighted by Gasteiger charge is 2.41. The van der Waals surface area contributed by atoms with Gasteiger partial charge in [-0.25, -0.2) is 0 Å². The number of carbonyl (C=O) groups is 2. The number of carbonyl (C=O) groups excluding carboxylic acids is 2. The lowest BCUT2D eigenvalue weighted by molar-refractivity contribution is -0.138. The Morgan fingerprint density at radius 1 is 0.962 bits per heavy atom. The summed E-state index contributed by atoms with van der Waals surface area (Å²) in [7, 11) is 5.22. The van der Waals surface area contributed by atoms with Crippen LogP contribution in [-0.2, 0) is 14.3 Å². The third-order valence-corrected chi connectivity index (χ3v) is 4.86. The molecule has 0 unspecified atom stereocenters. The fourth-order valence-corrected chi connectivity index (χ4v) is 3.29. The van der Waals surface area contributed by atoms with Crippen LogP contribution in [0, 0.1) is 0 Å². The molecule has 0 aromatic heterocycles. The first-order chi connectivity index (χ1) is 12.6. The highest BCUT2D eigenvalue weighted by atomic mass is 16.5. The van der Waals surface area contributed by atoms with Crippen molar-refractivity contribution < 1.29 is 19.1 Å². The summed E-state index contributed by atoms with van der Waals surface area (Å²) in [6.45, 7) is 3.75. The van der Waals surface area contributed by atoms with E-state index in [1.807, 2.05) is 17.0 Å². The molecule has 2 amide bonds. The zero-order chi connectivity index (χ0) is 18.7. The molecule has 1 aromatic rings. The molecule has 0 spiro atoms. The van der Waals surface area contributed by atoms with Crippen molar-refractivity contribution in [3.63, 3.8) is 0 Å². The maximum Gasteiger partial charge on any atom is 0.277 e. The number of ether oxygens (including phenoxy) is 2. The molecule has 0 aliphatic carbocycles. The van der Waals surface area contributed by atoms with E-state index in [9.17, 15) is 9.59 Å². The molecule has 140 valence electrons. The van der Waals surface area contributed by atoms with Gasteiger partial charge in [-0.05, 0) is 24.7 Å². The van der Waals surface area contributed by atoms with E-state index in [0.717, 1.165) is 31.7 Å². The molecule has 26 heavy (non-hydrogen) atoms. The molecule has 3 rings (SSSR count). The van der Waals surface area contributed by atoms with Gasteiger partial charge in [0, 0.05) is 33.3 Å². The summed E-state index contributed by atoms with van der Waals surface area (Å²) >= 11 is 0. The van der Waals surface area contributed by atoms with Gasteiger partial charge in [0.25, 0.3) is 11.8 Å². The van der Waals surface area contributed by atoms with Crippen LogP contribution in [-0.4, -0.2) is 87.1 Å². The van der Waals surface area contributed by atoms with E-state index < -0.39 is 0 Å². The fraction of sp³-hybridized carbons (Fsp3) is 0.474. The van der Waals surface area contributed by atoms with Crippen LogP contribution in [0.25, 0.3) is 5.57 Å². The van der Waals surface area contributed by atoms with E-state index in [4.69, 9.17) is 9.47 Å². The van der Waals surface area contributed by atoms with Crippen LogP contribution >= 0.6 is 0 Å². The molecule has 0 saturated carbocycles. The molecule has 0 radical (unpaired) electrons. The molecule has 1 fully saturated rings. The Labute approximate surface area is 153 Å². The first-order valence-electron chi connectivity index (χ1n) is 8.74. The van der Waals surface area contributed by atoms with Gasteiger partial charge in [0.15, 0.2) is 0 Å². The van der Waals surface area contributed by atoms with Gasteiger partial charge in [0.05, 0.1) is 25.8 Å². The predicted octanol–water partition coefficient (Wildman–Crippen LogP) is 0.669. The maximum atomic E-state index is 13.0. The largest absolute Gasteiger partial charge is 0.497 e. The van der Waals surface area contributed by atoms with Gasteiger partial charge >= 0.3 is 0 Å². The fourth-order valence-electron chi connectivity index (χ4n) is 3.29. The van der Waals surface area contributed by atoms with Crippen LogP contribution in [0.1, 0.15) is 5.56 Å². The number of piperazine rings is 1. The number of hydrogen-bond acceptors (Lipinski definition) is 6. The van der Waals surface area contributed by atoms with Gasteiger partial charge in [-0.15, -0.1) is 0 Å². The van der Waals surface area contributed by atoms with Gasteiger partial charge in [0.1, 0.15) is 11.4 Å². The van der Waals surface area contributed by atoms with Crippen molar-refractivity contribution in [2.75, 3.05) is 60.6 Å². The van der Waals surface area contributed by atoms with Gasteiger partial charge in [0.2, 0.25) is 0 Å². The summed E-state index contributed by atoms with van der Waals surface area (Å²) in [5.41, 5.74) is 1.71. The number of hydrogen-bond donors (Lipinski definition) is 0. The second kappa shape index (κ2) is 7.88. The summed E-state index contributed by atoms with van der Waals surface area (Å²) in [5.74, 6) is 0.220. The lowest BCUT2D eigenvalue weighted by Crippen LogP contribution is -2.46. The highest BCUT2D eigenvalue weighted by molar-refractivity contribution is 6.35. The molecular weight excluding hydrogens is 334 g/mol. The number of benzene rings is 1. The molecular formula is C19H25N3O4. The first-order valence-corrected chi connectivity index (χ1v) is 8.74. The van der Waals surface area contributed by atoms with Crippen molar-refractivity contribution in [1.29, 1.82) is 0 Å². The van der Waals surface area contributed by atoms with E-state index in [1.54, 1.807) is 26.4 Å². The molecule has 1 saturated heterocycles. The summed E-state index contributed by atoms with van der Waals surface area (Å²) in [6, 6.07) is 7.27. The summed E-state index contributed by atoms with van der Waals surface area (Å²) in [5, 5.41) is 0. The van der Waals surface area contributed by atoms with Gasteiger partial charge in [-0.1, -0.05) is 12.1 Å². The monoisotopic (exact) mass is 359 g/mol. The number of rotatable bonds is 6. The topological polar surface area (TPSA) is 62.3 Å². The molecule has 7 heteroatoms. The SMILES string of the molecule is COCCN1C(=O)C(c2ccc(OC)cc2)=C(N2CCN(C)CC2)C1=O. The summed E-state index contributed by atoms with van der Waals surface area (Å²) < 4.78 is 10.3. The van der Waals surface area contributed by atoms with Gasteiger partial charge in [-0.2, -0.15) is 0 Å². The van der Waals surface area contributed by atoms with Crippen LogP contribution in [0.4, 0.5) is 0 Å². The standard InChI is InChI=1S/C19H25N3O4/c1-20-8-10-21(11-9-20)17-16(14-4-6-15(26-3)7-5-14)18(23)22(19(17)24)12-13-25-2/h4-7H,8-13H2,1-3H3. The summed E-state index contributed by atoms with van der Waals surface area (Å²) in [4.78, 5) is 31.6. The molecule has 2 aliphatic rings. The van der Waals surface area contributed by atoms with Crippen molar-refractivity contribution in [3.05, 3.63) is 35.5 Å². The average Bonchev–Trinajstić information content (AvgIpc) is 2.91. The quantitative estimate of drug-likeness (QED) is 0.696. The Balaban J connectivity index is 1.99. The van der Waals surface area contributed by atoms with Crippen LogP contribution < -0.4 is 4.74 Å². The summed E-state index contributed by atoms with van der Waals surface area (Å²) in [6.07, 6.45) is 0. The lowest BCUT2D eigenvalue weighted by Gasteiger charge is -2.34. The van der Waals surface area contributed by atoms with Crippen molar-refractivity contribution in [2.24, 2.45) is 0 Å². The van der Waals surface area contributed by atoms with Crippen molar-refractivity contribution in [1.82, 2.24) is 14.7 Å². The number of amides is 2. The number of likely N-dealkylation sites (N-methyl/N-ethyl adjacent to an activating group) is 1. The van der Waals surface area contributed by atoms with Crippen molar-refractivity contribution in [2.45, 2.75) is 0 Å². The highest BCUT2D eigenvalue weighted by Crippen LogP contribution is 2.32. The van der Waals surface area contributed by atoms with Crippen molar-refractivity contribution in [3.8, 4) is 5.75 Å². The predicted molar refractivity (Wildman–Crippen MR) is 97.6 cm³/mol. The van der Waals surface area contributed by atoms with E-state index in [2.05, 4.69) is 11.9 Å². The third kappa shape index (κ3) is 3.45. The first kappa shape index (κ1) is 18.4. The Morgan fingerprint density at radius 2 is 1.62 bits per heavy atom. The Kier molecular flexibility index (Phi) is 5.58. The second-order valence-corrected chi connectivity index (χ2v) is 6.50. The van der Waals surface area contributed by atoms with Gasteiger partial charge in [-0.3, -0.25) is 14.5 Å². The maximum absolute atomic E-state index is 13.0. The average molecular weight is 359 g/mol. The third-order valence-electron chi connectivity index (χ3n) is 4.86. The normalized spacial score (nSPS) is 18.9. The molecule has 2 heterocycles. The Morgan fingerprint density at radius 3 is 2.19 bits per heavy atom. The minimum atomic E-state index is -0.258. The minimum Gasteiger partial charge on any atom is -0.497 e. The molecule has 0 atom stereocenters. The number of methoxy groups -OCH3 is 2. The van der Waals surface area contributed by atoms with E-state index >= 15 is 0 Å². The smallest absolute Gasteiger partial charge is 0.277 e. The molecule has 0 N–H and O–H groups in total. The number of nitrogens with zero attached hydrogens (tertiary/aromatic N) is 3. The second-order valence-electron chi connectivity index (χ2n) is 6.50.